The van der Waals surface area contributed by atoms with E-state index in [1.54, 1.807) is 36.0 Å². The van der Waals surface area contributed by atoms with Gasteiger partial charge in [-0.2, -0.15) is 0 Å². The fourth-order valence-corrected chi connectivity index (χ4v) is 4.70. The summed E-state index contributed by atoms with van der Waals surface area (Å²) >= 11 is 7.83. The van der Waals surface area contributed by atoms with Crippen LogP contribution in [-0.4, -0.2) is 5.75 Å². The number of benzene rings is 2. The molecule has 1 aliphatic heterocycles. The summed E-state index contributed by atoms with van der Waals surface area (Å²) in [5, 5.41) is 6.31. The Bertz CT molecular complexity index is 741. The molecule has 0 saturated carbocycles. The van der Waals surface area contributed by atoms with Crippen LogP contribution in [0.15, 0.2) is 47.4 Å². The Hall–Kier alpha value is -1.29. The summed E-state index contributed by atoms with van der Waals surface area (Å²) in [4.78, 5) is 1.14. The van der Waals surface area contributed by atoms with E-state index in [2.05, 4.69) is 17.1 Å². The Balaban J connectivity index is 1.78. The van der Waals surface area contributed by atoms with Crippen molar-refractivity contribution in [2.24, 2.45) is 0 Å². The fraction of sp³-hybridized carbons (Fsp3) is 0.200. The molecule has 0 aliphatic carbocycles. The van der Waals surface area contributed by atoms with Gasteiger partial charge >= 0.3 is 7.67 Å². The van der Waals surface area contributed by atoms with Crippen molar-refractivity contribution in [3.63, 3.8) is 0 Å². The van der Waals surface area contributed by atoms with Gasteiger partial charge in [0.25, 0.3) is 0 Å². The summed E-state index contributed by atoms with van der Waals surface area (Å²) in [7, 11) is -3.24. The molecule has 0 radical (unpaired) electrons. The molecule has 0 saturated heterocycles. The van der Waals surface area contributed by atoms with Crippen LogP contribution in [-0.2, 0) is 4.57 Å². The summed E-state index contributed by atoms with van der Waals surface area (Å²) in [5.41, 5.74) is 1.56. The van der Waals surface area contributed by atoms with Crippen LogP contribution in [0.25, 0.3) is 0 Å². The average Bonchev–Trinajstić information content (AvgIpc) is 2.82. The Labute approximate surface area is 139 Å². The molecule has 4 nitrogen and oxygen atoms in total. The summed E-state index contributed by atoms with van der Waals surface area (Å²) < 4.78 is 18.4. The first kappa shape index (κ1) is 15.6. The maximum absolute atomic E-state index is 12.8. The van der Waals surface area contributed by atoms with E-state index in [1.807, 2.05) is 18.2 Å². The van der Waals surface area contributed by atoms with Crippen molar-refractivity contribution in [3.05, 3.63) is 47.5 Å². The Morgan fingerprint density at radius 2 is 1.95 bits per heavy atom. The number of anilines is 2. The highest BCUT2D eigenvalue weighted by Crippen LogP contribution is 2.55. The number of hydrogen-bond donors (Lipinski definition) is 2. The minimum Gasteiger partial charge on any atom is -0.412 e. The van der Waals surface area contributed by atoms with Crippen molar-refractivity contribution >= 4 is 42.4 Å². The number of fused-ring (bicyclic) bond motifs is 1. The molecule has 22 heavy (non-hydrogen) atoms. The first-order valence-electron chi connectivity index (χ1n) is 6.97. The average molecular weight is 355 g/mol. The zero-order valence-electron chi connectivity index (χ0n) is 12.0. The van der Waals surface area contributed by atoms with Crippen molar-refractivity contribution in [3.8, 4) is 5.75 Å². The predicted molar refractivity (Wildman–Crippen MR) is 94.4 cm³/mol. The van der Waals surface area contributed by atoms with Crippen molar-refractivity contribution in [2.45, 2.75) is 18.2 Å². The molecule has 3 rings (SSSR count). The van der Waals surface area contributed by atoms with Crippen LogP contribution in [0, 0.1) is 0 Å². The number of hydrogen-bond acceptors (Lipinski definition) is 3. The van der Waals surface area contributed by atoms with Gasteiger partial charge in [-0.3, -0.25) is 10.2 Å². The summed E-state index contributed by atoms with van der Waals surface area (Å²) in [6.07, 6.45) is 1.11. The lowest BCUT2D eigenvalue weighted by Gasteiger charge is -2.15. The van der Waals surface area contributed by atoms with Crippen molar-refractivity contribution in [1.82, 2.24) is 0 Å². The highest BCUT2D eigenvalue weighted by atomic mass is 35.5. The third kappa shape index (κ3) is 3.37. The van der Waals surface area contributed by atoms with Crippen molar-refractivity contribution in [2.75, 3.05) is 15.9 Å². The normalized spacial score (nSPS) is 19.2. The number of halogens is 1. The second-order valence-corrected chi connectivity index (χ2v) is 8.16. The Morgan fingerprint density at radius 1 is 1.18 bits per heavy atom. The van der Waals surface area contributed by atoms with E-state index in [9.17, 15) is 4.57 Å². The van der Waals surface area contributed by atoms with Crippen molar-refractivity contribution in [1.29, 1.82) is 0 Å². The first-order valence-corrected chi connectivity index (χ1v) is 9.96. The second kappa shape index (κ2) is 6.45. The summed E-state index contributed by atoms with van der Waals surface area (Å²) in [6, 6.07) is 12.9. The van der Waals surface area contributed by atoms with Gasteiger partial charge in [-0.05, 0) is 42.5 Å². The van der Waals surface area contributed by atoms with Gasteiger partial charge in [0.15, 0.2) is 0 Å². The molecule has 1 unspecified atom stereocenters. The standard InChI is InChI=1S/C15H16ClN2O2PS/c1-2-9-22-11-7-8-13-14(10-11)18-21(19,17-13)20-15-6-4-3-5-12(15)16/h3-8,10H,2,9H2,1H3,(H2,17,18,19). The molecule has 7 heteroatoms. The number of para-hydroxylation sites is 1. The highest BCUT2D eigenvalue weighted by Gasteiger charge is 2.33. The van der Waals surface area contributed by atoms with Gasteiger partial charge in [-0.25, -0.2) is 4.57 Å². The van der Waals surface area contributed by atoms with Crippen LogP contribution in [0.3, 0.4) is 0 Å². The molecule has 0 aromatic heterocycles. The quantitative estimate of drug-likeness (QED) is 0.519. The van der Waals surface area contributed by atoms with Crippen LogP contribution < -0.4 is 14.7 Å². The minimum atomic E-state index is -3.24. The smallest absolute Gasteiger partial charge is 0.412 e. The molecule has 0 fully saturated rings. The van der Waals surface area contributed by atoms with E-state index in [4.69, 9.17) is 16.1 Å². The zero-order chi connectivity index (χ0) is 15.6. The van der Waals surface area contributed by atoms with Gasteiger partial charge in [0.2, 0.25) is 0 Å². The van der Waals surface area contributed by atoms with Crippen LogP contribution in [0.4, 0.5) is 11.4 Å². The molecule has 116 valence electrons. The molecule has 2 N–H and O–H groups in total. The van der Waals surface area contributed by atoms with Gasteiger partial charge in [0.05, 0.1) is 16.4 Å². The lowest BCUT2D eigenvalue weighted by Crippen LogP contribution is -2.04. The van der Waals surface area contributed by atoms with Crippen LogP contribution in [0.1, 0.15) is 13.3 Å². The maximum Gasteiger partial charge on any atom is 0.444 e. The lowest BCUT2D eigenvalue weighted by atomic mass is 10.3. The first-order chi connectivity index (χ1) is 10.6. The molecule has 2 aromatic rings. The molecular formula is C15H16ClN2O2PS. The Kier molecular flexibility index (Phi) is 4.57. The summed E-state index contributed by atoms with van der Waals surface area (Å²) in [6.45, 7) is 2.14. The van der Waals surface area contributed by atoms with E-state index < -0.39 is 7.67 Å². The minimum absolute atomic E-state index is 0.390. The van der Waals surface area contributed by atoms with Crippen LogP contribution in [0.5, 0.6) is 5.75 Å². The van der Waals surface area contributed by atoms with Crippen LogP contribution in [0.2, 0.25) is 5.02 Å². The fourth-order valence-electron chi connectivity index (χ4n) is 2.07. The number of rotatable bonds is 5. The molecule has 1 heterocycles. The molecule has 2 aromatic carbocycles. The third-order valence-corrected chi connectivity index (χ3v) is 6.10. The topological polar surface area (TPSA) is 50.4 Å². The van der Waals surface area contributed by atoms with Gasteiger partial charge in [0.1, 0.15) is 5.75 Å². The van der Waals surface area contributed by atoms with Gasteiger partial charge in [0, 0.05) is 4.90 Å². The maximum atomic E-state index is 12.8. The molecule has 0 spiro atoms. The predicted octanol–water partition coefficient (Wildman–Crippen LogP) is 5.87. The SMILES string of the molecule is CCCSc1ccc2c(c1)NP(=O)(Oc1ccccc1Cl)N2. The largest absolute Gasteiger partial charge is 0.444 e. The second-order valence-electron chi connectivity index (χ2n) is 4.85. The van der Waals surface area contributed by atoms with Crippen molar-refractivity contribution < 1.29 is 9.09 Å². The third-order valence-electron chi connectivity index (χ3n) is 3.06. The van der Waals surface area contributed by atoms with Gasteiger partial charge in [-0.15, -0.1) is 11.8 Å². The van der Waals surface area contributed by atoms with Crippen LogP contribution >= 0.6 is 31.0 Å². The molecule has 0 amide bonds. The Morgan fingerprint density at radius 3 is 2.73 bits per heavy atom. The zero-order valence-corrected chi connectivity index (χ0v) is 14.5. The number of thioether (sulfide) groups is 1. The molecule has 1 atom stereocenters. The summed E-state index contributed by atoms with van der Waals surface area (Å²) in [5.74, 6) is 1.45. The van der Waals surface area contributed by atoms with E-state index in [1.165, 1.54) is 0 Å². The van der Waals surface area contributed by atoms with Gasteiger partial charge in [-0.1, -0.05) is 30.7 Å². The molecule has 0 bridgehead atoms. The van der Waals surface area contributed by atoms with E-state index in [-0.39, 0.29) is 0 Å². The van der Waals surface area contributed by atoms with E-state index in [0.29, 0.717) is 10.8 Å². The molecule has 1 aliphatic rings. The highest BCUT2D eigenvalue weighted by molar-refractivity contribution is 7.99. The van der Waals surface area contributed by atoms with E-state index >= 15 is 0 Å². The number of nitrogens with one attached hydrogen (secondary N) is 2. The monoisotopic (exact) mass is 354 g/mol. The van der Waals surface area contributed by atoms with E-state index in [0.717, 1.165) is 28.4 Å². The van der Waals surface area contributed by atoms with Gasteiger partial charge < -0.3 is 4.52 Å². The lowest BCUT2D eigenvalue weighted by molar-refractivity contribution is 0.494. The molecular weight excluding hydrogens is 339 g/mol.